The second-order valence-electron chi connectivity index (χ2n) is 4.54. The number of nitrogens with one attached hydrogen (secondary N) is 1. The van der Waals surface area contributed by atoms with Crippen molar-refractivity contribution in [1.29, 1.82) is 0 Å². The van der Waals surface area contributed by atoms with E-state index < -0.39 is 0 Å². The van der Waals surface area contributed by atoms with Crippen LogP contribution in [0.5, 0.6) is 0 Å². The summed E-state index contributed by atoms with van der Waals surface area (Å²) in [5.41, 5.74) is 2.66. The second kappa shape index (κ2) is 5.14. The zero-order chi connectivity index (χ0) is 13.1. The van der Waals surface area contributed by atoms with Crippen molar-refractivity contribution in [1.82, 2.24) is 15.0 Å². The quantitative estimate of drug-likeness (QED) is 0.907. The number of ketones is 1. The molecule has 0 bridgehead atoms. The maximum Gasteiger partial charge on any atom is 0.223 e. The molecule has 0 radical (unpaired) electrons. The third-order valence-electron chi connectivity index (χ3n) is 3.19. The molecule has 0 aromatic carbocycles. The molecule has 0 spiro atoms. The summed E-state index contributed by atoms with van der Waals surface area (Å²) >= 11 is 0. The molecule has 0 unspecified atom stereocenters. The summed E-state index contributed by atoms with van der Waals surface area (Å²) in [5, 5.41) is 3.16. The number of pyridine rings is 1. The van der Waals surface area contributed by atoms with Gasteiger partial charge >= 0.3 is 0 Å². The maximum absolute atomic E-state index is 11.7. The van der Waals surface area contributed by atoms with Crippen molar-refractivity contribution in [3.8, 4) is 0 Å². The highest BCUT2D eigenvalue weighted by atomic mass is 16.1. The van der Waals surface area contributed by atoms with E-state index in [0.717, 1.165) is 24.1 Å². The summed E-state index contributed by atoms with van der Waals surface area (Å²) < 4.78 is 0. The molecule has 0 saturated heterocycles. The van der Waals surface area contributed by atoms with E-state index in [2.05, 4.69) is 20.3 Å². The Bertz CT molecular complexity index is 598. The molecule has 2 heterocycles. The van der Waals surface area contributed by atoms with E-state index in [9.17, 15) is 4.79 Å². The molecule has 2 aromatic rings. The first-order valence-corrected chi connectivity index (χ1v) is 6.35. The summed E-state index contributed by atoms with van der Waals surface area (Å²) in [6, 6.07) is 3.88. The minimum Gasteiger partial charge on any atom is -0.350 e. The summed E-state index contributed by atoms with van der Waals surface area (Å²) in [6.07, 6.45) is 7.49. The fourth-order valence-electron chi connectivity index (χ4n) is 2.16. The van der Waals surface area contributed by atoms with Crippen molar-refractivity contribution < 1.29 is 4.79 Å². The Labute approximate surface area is 111 Å². The molecule has 5 heteroatoms. The third kappa shape index (κ3) is 2.59. The predicted molar refractivity (Wildman–Crippen MR) is 70.9 cm³/mol. The number of hydrogen-bond donors (Lipinski definition) is 1. The molecule has 0 saturated carbocycles. The van der Waals surface area contributed by atoms with Gasteiger partial charge in [0.25, 0.3) is 0 Å². The Morgan fingerprint density at radius 2 is 2.05 bits per heavy atom. The van der Waals surface area contributed by atoms with E-state index in [4.69, 9.17) is 0 Å². The summed E-state index contributed by atoms with van der Waals surface area (Å²) in [4.78, 5) is 24.3. The fourth-order valence-corrected chi connectivity index (χ4v) is 2.16. The van der Waals surface area contributed by atoms with E-state index in [-0.39, 0.29) is 5.78 Å². The number of rotatable bonds is 3. The number of aryl methyl sites for hydroxylation is 1. The van der Waals surface area contributed by atoms with Gasteiger partial charge in [0, 0.05) is 31.6 Å². The molecule has 1 aliphatic rings. The maximum atomic E-state index is 11.7. The van der Waals surface area contributed by atoms with Crippen LogP contribution in [0.2, 0.25) is 0 Å². The van der Waals surface area contributed by atoms with Crippen molar-refractivity contribution in [3.63, 3.8) is 0 Å². The van der Waals surface area contributed by atoms with Crippen LogP contribution in [0.1, 0.15) is 34.5 Å². The largest absolute Gasteiger partial charge is 0.350 e. The zero-order valence-corrected chi connectivity index (χ0v) is 10.5. The van der Waals surface area contributed by atoms with Crippen LogP contribution in [-0.2, 0) is 13.0 Å². The highest BCUT2D eigenvalue weighted by Crippen LogP contribution is 2.19. The van der Waals surface area contributed by atoms with E-state index in [1.54, 1.807) is 18.6 Å². The van der Waals surface area contributed by atoms with Gasteiger partial charge in [-0.1, -0.05) is 0 Å². The Morgan fingerprint density at radius 3 is 2.89 bits per heavy atom. The van der Waals surface area contributed by atoms with Gasteiger partial charge in [-0.2, -0.15) is 0 Å². The van der Waals surface area contributed by atoms with Gasteiger partial charge in [-0.15, -0.1) is 0 Å². The molecule has 1 N–H and O–H groups in total. The lowest BCUT2D eigenvalue weighted by Gasteiger charge is -2.14. The van der Waals surface area contributed by atoms with Crippen LogP contribution in [0.25, 0.3) is 0 Å². The van der Waals surface area contributed by atoms with Crippen LogP contribution in [0.3, 0.4) is 0 Å². The van der Waals surface area contributed by atoms with Gasteiger partial charge < -0.3 is 5.32 Å². The van der Waals surface area contributed by atoms with Gasteiger partial charge in [0.05, 0.1) is 11.3 Å². The van der Waals surface area contributed by atoms with Gasteiger partial charge in [0.2, 0.25) is 5.95 Å². The number of anilines is 1. The van der Waals surface area contributed by atoms with E-state index in [1.165, 1.54) is 0 Å². The SMILES string of the molecule is O=C1CCCc2nc(NCc3ccncc3)ncc21. The molecule has 0 atom stereocenters. The molecule has 2 aromatic heterocycles. The summed E-state index contributed by atoms with van der Waals surface area (Å²) in [7, 11) is 0. The molecule has 1 aliphatic carbocycles. The standard InChI is InChI=1S/C14H14N4O/c19-13-3-1-2-12-11(13)9-17-14(18-12)16-8-10-4-6-15-7-5-10/h4-7,9H,1-3,8H2,(H,16,17,18). The normalized spacial score (nSPS) is 14.0. The third-order valence-corrected chi connectivity index (χ3v) is 3.19. The lowest BCUT2D eigenvalue weighted by Crippen LogP contribution is -2.15. The minimum atomic E-state index is 0.155. The monoisotopic (exact) mass is 254 g/mol. The molecule has 19 heavy (non-hydrogen) atoms. The van der Waals surface area contributed by atoms with Gasteiger partial charge in [-0.05, 0) is 30.5 Å². The van der Waals surface area contributed by atoms with Gasteiger partial charge in [0.1, 0.15) is 0 Å². The lowest BCUT2D eigenvalue weighted by atomic mass is 9.96. The molecule has 96 valence electrons. The van der Waals surface area contributed by atoms with Gasteiger partial charge in [-0.25, -0.2) is 9.97 Å². The van der Waals surface area contributed by atoms with Gasteiger partial charge in [-0.3, -0.25) is 9.78 Å². The van der Waals surface area contributed by atoms with Crippen molar-refractivity contribution >= 4 is 11.7 Å². The first-order valence-electron chi connectivity index (χ1n) is 6.35. The molecule has 5 nitrogen and oxygen atoms in total. The average Bonchev–Trinajstić information content (AvgIpc) is 2.46. The first-order chi connectivity index (χ1) is 9.33. The number of carbonyl (C=O) groups excluding carboxylic acids is 1. The van der Waals surface area contributed by atoms with Crippen LogP contribution >= 0.6 is 0 Å². The molecule has 3 rings (SSSR count). The van der Waals surface area contributed by atoms with Crippen LogP contribution in [0.4, 0.5) is 5.95 Å². The van der Waals surface area contributed by atoms with Crippen molar-refractivity contribution in [2.24, 2.45) is 0 Å². The van der Waals surface area contributed by atoms with Crippen LogP contribution in [0, 0.1) is 0 Å². The lowest BCUT2D eigenvalue weighted by molar-refractivity contribution is 0.0971. The predicted octanol–water partition coefficient (Wildman–Crippen LogP) is 2.00. The zero-order valence-electron chi connectivity index (χ0n) is 10.5. The topological polar surface area (TPSA) is 67.8 Å². The minimum absolute atomic E-state index is 0.155. The van der Waals surface area contributed by atoms with Crippen LogP contribution in [0.15, 0.2) is 30.7 Å². The van der Waals surface area contributed by atoms with Crippen molar-refractivity contribution in [2.45, 2.75) is 25.8 Å². The fraction of sp³-hybridized carbons (Fsp3) is 0.286. The molecular weight excluding hydrogens is 240 g/mol. The molecule has 0 amide bonds. The Kier molecular flexibility index (Phi) is 3.18. The number of aromatic nitrogens is 3. The first kappa shape index (κ1) is 11.8. The number of hydrogen-bond acceptors (Lipinski definition) is 5. The van der Waals surface area contributed by atoms with E-state index in [1.807, 2.05) is 12.1 Å². The Balaban J connectivity index is 1.74. The van der Waals surface area contributed by atoms with Gasteiger partial charge in [0.15, 0.2) is 5.78 Å². The van der Waals surface area contributed by atoms with Crippen molar-refractivity contribution in [2.75, 3.05) is 5.32 Å². The Morgan fingerprint density at radius 1 is 1.21 bits per heavy atom. The summed E-state index contributed by atoms with van der Waals surface area (Å²) in [5.74, 6) is 0.729. The van der Waals surface area contributed by atoms with Crippen molar-refractivity contribution in [3.05, 3.63) is 47.5 Å². The molecular formula is C14H14N4O. The smallest absolute Gasteiger partial charge is 0.223 e. The number of fused-ring (bicyclic) bond motifs is 1. The number of Topliss-reactive ketones (excluding diaryl/α,β-unsaturated/α-hetero) is 1. The number of nitrogens with zero attached hydrogens (tertiary/aromatic N) is 3. The number of carbonyl (C=O) groups is 1. The van der Waals surface area contributed by atoms with E-state index >= 15 is 0 Å². The molecule has 0 fully saturated rings. The summed E-state index contributed by atoms with van der Waals surface area (Å²) in [6.45, 7) is 0.648. The molecule has 0 aliphatic heterocycles. The van der Waals surface area contributed by atoms with Crippen LogP contribution < -0.4 is 5.32 Å². The Hall–Kier alpha value is -2.30. The van der Waals surface area contributed by atoms with E-state index in [0.29, 0.717) is 24.5 Å². The highest BCUT2D eigenvalue weighted by molar-refractivity contribution is 5.97. The second-order valence-corrected chi connectivity index (χ2v) is 4.54. The van der Waals surface area contributed by atoms with Crippen LogP contribution in [-0.4, -0.2) is 20.7 Å². The highest BCUT2D eigenvalue weighted by Gasteiger charge is 2.19. The average molecular weight is 254 g/mol.